The average Bonchev–Trinajstić information content (AvgIpc) is 3.34. The highest BCUT2D eigenvalue weighted by Crippen LogP contribution is 2.23. The van der Waals surface area contributed by atoms with Crippen LogP contribution in [0.15, 0.2) is 65.5 Å². The van der Waals surface area contributed by atoms with Gasteiger partial charge in [0.2, 0.25) is 11.8 Å². The van der Waals surface area contributed by atoms with Crippen molar-refractivity contribution in [2.24, 2.45) is 5.92 Å². The molecule has 4 rings (SSSR count). The van der Waals surface area contributed by atoms with E-state index in [0.29, 0.717) is 24.3 Å². The molecule has 2 aromatic carbocycles. The van der Waals surface area contributed by atoms with Crippen LogP contribution >= 0.6 is 11.3 Å². The smallest absolute Gasteiger partial charge is 0.246 e. The fourth-order valence-electron chi connectivity index (χ4n) is 3.59. The number of rotatable bonds is 5. The highest BCUT2D eigenvalue weighted by atomic mass is 32.1. The minimum absolute atomic E-state index is 0.100. The summed E-state index contributed by atoms with van der Waals surface area (Å²) >= 11 is 1.54. The summed E-state index contributed by atoms with van der Waals surface area (Å²) in [5.74, 6) is -0.966. The first-order valence-electron chi connectivity index (χ1n) is 10.1. The molecule has 1 saturated heterocycles. The van der Waals surface area contributed by atoms with E-state index >= 15 is 0 Å². The number of likely N-dealkylation sites (tertiary alicyclic amines) is 1. The number of nitrogens with zero attached hydrogens (tertiary/aromatic N) is 2. The Kier molecular flexibility index (Phi) is 6.52. The Labute approximate surface area is 184 Å². The zero-order valence-electron chi connectivity index (χ0n) is 16.8. The average molecular weight is 436 g/mol. The number of anilines is 1. The second-order valence-corrected chi connectivity index (χ2v) is 8.14. The Morgan fingerprint density at radius 3 is 2.71 bits per heavy atom. The number of carbonyl (C=O) groups is 2. The maximum absolute atomic E-state index is 13.7. The largest absolute Gasteiger partial charge is 0.338 e. The lowest BCUT2D eigenvalue weighted by atomic mass is 9.96. The minimum atomic E-state index is -0.372. The Balaban J connectivity index is 1.35. The molecule has 1 atom stereocenters. The van der Waals surface area contributed by atoms with Crippen molar-refractivity contribution in [3.8, 4) is 11.3 Å². The van der Waals surface area contributed by atoms with Gasteiger partial charge in [0.25, 0.3) is 0 Å². The highest BCUT2D eigenvalue weighted by Gasteiger charge is 2.27. The molecule has 1 aliphatic heterocycles. The SMILES string of the molecule is O=C(Nc1ccc(-c2cscn2)cc1)C1CCCN(C(=O)C=Cc2ccccc2F)C1. The van der Waals surface area contributed by atoms with Gasteiger partial charge in [-0.15, -0.1) is 11.3 Å². The van der Waals surface area contributed by atoms with E-state index in [9.17, 15) is 14.0 Å². The maximum atomic E-state index is 13.7. The number of carbonyl (C=O) groups excluding carboxylic acids is 2. The monoisotopic (exact) mass is 435 g/mol. The number of aromatic nitrogens is 1. The third kappa shape index (κ3) is 5.24. The summed E-state index contributed by atoms with van der Waals surface area (Å²) < 4.78 is 13.7. The van der Waals surface area contributed by atoms with Crippen LogP contribution in [0.2, 0.25) is 0 Å². The normalized spacial score (nSPS) is 16.4. The quantitative estimate of drug-likeness (QED) is 0.584. The first kappa shape index (κ1) is 20.9. The Morgan fingerprint density at radius 1 is 1.16 bits per heavy atom. The molecule has 3 aromatic rings. The molecule has 1 unspecified atom stereocenters. The molecule has 0 saturated carbocycles. The molecule has 2 amide bonds. The Hall–Kier alpha value is -3.32. The lowest BCUT2D eigenvalue weighted by Gasteiger charge is -2.31. The molecule has 1 aliphatic rings. The third-order valence-electron chi connectivity index (χ3n) is 5.30. The summed E-state index contributed by atoms with van der Waals surface area (Å²) in [5.41, 5.74) is 4.77. The lowest BCUT2D eigenvalue weighted by molar-refractivity contribution is -0.130. The molecule has 31 heavy (non-hydrogen) atoms. The van der Waals surface area contributed by atoms with Crippen molar-refractivity contribution in [3.05, 3.63) is 76.9 Å². The molecule has 0 spiro atoms. The van der Waals surface area contributed by atoms with Crippen molar-refractivity contribution in [2.75, 3.05) is 18.4 Å². The van der Waals surface area contributed by atoms with Crippen LogP contribution in [0.25, 0.3) is 17.3 Å². The summed E-state index contributed by atoms with van der Waals surface area (Å²) in [6.45, 7) is 0.940. The van der Waals surface area contributed by atoms with Gasteiger partial charge in [0.05, 0.1) is 17.1 Å². The number of benzene rings is 2. The van der Waals surface area contributed by atoms with Crippen LogP contribution in [-0.2, 0) is 9.59 Å². The zero-order valence-corrected chi connectivity index (χ0v) is 17.6. The van der Waals surface area contributed by atoms with E-state index in [1.807, 2.05) is 29.6 Å². The number of hydrogen-bond acceptors (Lipinski definition) is 4. The van der Waals surface area contributed by atoms with Crippen molar-refractivity contribution in [1.29, 1.82) is 0 Å². The number of amides is 2. The van der Waals surface area contributed by atoms with Crippen molar-refractivity contribution in [3.63, 3.8) is 0 Å². The molecule has 0 radical (unpaired) electrons. The van der Waals surface area contributed by atoms with Gasteiger partial charge in [-0.3, -0.25) is 9.59 Å². The number of hydrogen-bond donors (Lipinski definition) is 1. The van der Waals surface area contributed by atoms with E-state index in [2.05, 4.69) is 10.3 Å². The molecular weight excluding hydrogens is 413 g/mol. The van der Waals surface area contributed by atoms with Crippen LogP contribution < -0.4 is 5.32 Å². The number of thiazole rings is 1. The predicted octanol–water partition coefficient (Wildman–Crippen LogP) is 4.84. The van der Waals surface area contributed by atoms with Crippen LogP contribution in [0.3, 0.4) is 0 Å². The minimum Gasteiger partial charge on any atom is -0.338 e. The second-order valence-electron chi connectivity index (χ2n) is 7.42. The van der Waals surface area contributed by atoms with Gasteiger partial charge in [-0.05, 0) is 37.1 Å². The fraction of sp³-hybridized carbons (Fsp3) is 0.208. The van der Waals surface area contributed by atoms with E-state index in [1.54, 1.807) is 28.6 Å². The van der Waals surface area contributed by atoms with Crippen LogP contribution in [-0.4, -0.2) is 34.8 Å². The molecule has 1 N–H and O–H groups in total. The maximum Gasteiger partial charge on any atom is 0.246 e. The molecule has 7 heteroatoms. The molecule has 158 valence electrons. The van der Waals surface area contributed by atoms with Crippen molar-refractivity contribution in [2.45, 2.75) is 12.8 Å². The summed E-state index contributed by atoms with van der Waals surface area (Å²) in [6, 6.07) is 13.9. The summed E-state index contributed by atoms with van der Waals surface area (Å²) in [5, 5.41) is 4.92. The van der Waals surface area contributed by atoms with E-state index in [4.69, 9.17) is 0 Å². The molecule has 0 bridgehead atoms. The van der Waals surface area contributed by atoms with Gasteiger partial charge in [-0.2, -0.15) is 0 Å². The van der Waals surface area contributed by atoms with Gasteiger partial charge in [-0.1, -0.05) is 30.3 Å². The van der Waals surface area contributed by atoms with E-state index in [1.165, 1.54) is 29.6 Å². The molecule has 5 nitrogen and oxygen atoms in total. The molecule has 1 aromatic heterocycles. The van der Waals surface area contributed by atoms with E-state index in [-0.39, 0.29) is 23.5 Å². The van der Waals surface area contributed by atoms with E-state index in [0.717, 1.165) is 24.1 Å². The second kappa shape index (κ2) is 9.66. The van der Waals surface area contributed by atoms with Gasteiger partial charge >= 0.3 is 0 Å². The summed E-state index contributed by atoms with van der Waals surface area (Å²) in [6.07, 6.45) is 4.32. The number of piperidine rings is 1. The van der Waals surface area contributed by atoms with Crippen LogP contribution in [0.4, 0.5) is 10.1 Å². The first-order chi connectivity index (χ1) is 15.1. The van der Waals surface area contributed by atoms with Crippen LogP contribution in [0.5, 0.6) is 0 Å². The van der Waals surface area contributed by atoms with Crippen molar-refractivity contribution in [1.82, 2.24) is 9.88 Å². The molecule has 2 heterocycles. The summed E-state index contributed by atoms with van der Waals surface area (Å²) in [7, 11) is 0. The van der Waals surface area contributed by atoms with Crippen LogP contribution in [0.1, 0.15) is 18.4 Å². The van der Waals surface area contributed by atoms with Gasteiger partial charge < -0.3 is 10.2 Å². The van der Waals surface area contributed by atoms with E-state index < -0.39 is 0 Å². The predicted molar refractivity (Wildman–Crippen MR) is 121 cm³/mol. The molecule has 0 aliphatic carbocycles. The molecule has 1 fully saturated rings. The van der Waals surface area contributed by atoms with Gasteiger partial charge in [0.1, 0.15) is 5.82 Å². The van der Waals surface area contributed by atoms with Crippen LogP contribution in [0, 0.1) is 11.7 Å². The van der Waals surface area contributed by atoms with Crippen molar-refractivity contribution >= 4 is 34.9 Å². The van der Waals surface area contributed by atoms with Gasteiger partial charge in [0.15, 0.2) is 0 Å². The Bertz CT molecular complexity index is 1080. The molecular formula is C24H22FN3O2S. The topological polar surface area (TPSA) is 62.3 Å². The lowest BCUT2D eigenvalue weighted by Crippen LogP contribution is -2.43. The first-order valence-corrected chi connectivity index (χ1v) is 11.1. The number of halogens is 1. The van der Waals surface area contributed by atoms with Gasteiger partial charge in [-0.25, -0.2) is 9.37 Å². The van der Waals surface area contributed by atoms with Crippen molar-refractivity contribution < 1.29 is 14.0 Å². The third-order valence-corrected chi connectivity index (χ3v) is 5.88. The highest BCUT2D eigenvalue weighted by molar-refractivity contribution is 7.07. The number of nitrogens with one attached hydrogen (secondary N) is 1. The zero-order chi connectivity index (χ0) is 21.6. The Morgan fingerprint density at radius 2 is 1.97 bits per heavy atom. The summed E-state index contributed by atoms with van der Waals surface area (Å²) in [4.78, 5) is 31.2. The fourth-order valence-corrected chi connectivity index (χ4v) is 4.15. The van der Waals surface area contributed by atoms with Gasteiger partial charge in [0, 0.05) is 41.4 Å². The standard InChI is InChI=1S/C24H22FN3O2S/c25-21-6-2-1-4-17(21)9-12-23(29)28-13-3-5-19(14-28)24(30)27-20-10-7-18(8-11-20)22-15-31-16-26-22/h1-2,4,6-12,15-16,19H,3,5,13-14H2,(H,27,30).